The van der Waals surface area contributed by atoms with E-state index in [4.69, 9.17) is 9.97 Å². The average Bonchev–Trinajstić information content (AvgIpc) is 3.66. The molecule has 1 aromatic heterocycles. The summed E-state index contributed by atoms with van der Waals surface area (Å²) in [5.41, 5.74) is 2.07. The number of rotatable bonds is 6. The van der Waals surface area contributed by atoms with Crippen LogP contribution in [-0.4, -0.2) is 88.2 Å². The fraction of sp³-hybridized carbons (Fsp3) is 0.545. The number of phenols is 1. The number of amides is 1. The van der Waals surface area contributed by atoms with Crippen LogP contribution in [0.4, 0.5) is 20.3 Å². The van der Waals surface area contributed by atoms with Gasteiger partial charge in [0.1, 0.15) is 29.3 Å². The minimum atomic E-state index is -0.808. The Morgan fingerprint density at radius 1 is 1.14 bits per heavy atom. The second-order valence-corrected chi connectivity index (χ2v) is 14.2. The Kier molecular flexibility index (Phi) is 6.99. The third-order valence-corrected chi connectivity index (χ3v) is 11.6. The van der Waals surface area contributed by atoms with Crippen LogP contribution in [0, 0.1) is 5.82 Å². The molecule has 0 radical (unpaired) electrons. The minimum absolute atomic E-state index is 0.0266. The number of aromatic hydroxyl groups is 1. The molecule has 3 aromatic rings. The molecule has 0 unspecified atom stereocenters. The number of hydrogen-bond acceptors (Lipinski definition) is 8. The topological polar surface area (TPSA) is 84.8 Å². The first-order valence-corrected chi connectivity index (χ1v) is 17.0. The molecule has 0 saturated carbocycles. The smallest absolute Gasteiger partial charge is 0.277 e. The van der Waals surface area contributed by atoms with Gasteiger partial charge in [0.15, 0.2) is 5.16 Å². The molecule has 2 bridgehead atoms. The molecule has 11 heteroatoms. The van der Waals surface area contributed by atoms with Crippen LogP contribution < -0.4 is 15.1 Å². The number of fused-ring (bicyclic) bond motifs is 5. The monoisotopic (exact) mass is 620 g/mol. The van der Waals surface area contributed by atoms with Crippen LogP contribution in [0.5, 0.6) is 5.75 Å². The molecule has 2 aromatic carbocycles. The highest BCUT2D eigenvalue weighted by Crippen LogP contribution is 2.44. The zero-order chi connectivity index (χ0) is 30.2. The van der Waals surface area contributed by atoms with Crippen molar-refractivity contribution in [1.29, 1.82) is 0 Å². The summed E-state index contributed by atoms with van der Waals surface area (Å²) < 4.78 is 29.5. The van der Waals surface area contributed by atoms with E-state index in [-0.39, 0.29) is 23.0 Å². The van der Waals surface area contributed by atoms with Gasteiger partial charge in [0.05, 0.1) is 5.69 Å². The van der Waals surface area contributed by atoms with Gasteiger partial charge >= 0.3 is 0 Å². The Morgan fingerprint density at radius 3 is 2.75 bits per heavy atom. The van der Waals surface area contributed by atoms with Crippen molar-refractivity contribution in [3.8, 4) is 5.75 Å². The lowest BCUT2D eigenvalue weighted by atomic mass is 9.96. The first kappa shape index (κ1) is 28.5. The van der Waals surface area contributed by atoms with Crippen molar-refractivity contribution in [2.45, 2.75) is 80.8 Å². The molecule has 5 aliphatic rings. The molecule has 232 valence electrons. The summed E-state index contributed by atoms with van der Waals surface area (Å²) in [6.07, 6.45) is 5.03. The number of halogens is 2. The van der Waals surface area contributed by atoms with Crippen LogP contribution in [0.2, 0.25) is 0 Å². The first-order valence-electron chi connectivity index (χ1n) is 16.0. The number of carbonyl (C=O) groups is 1. The lowest BCUT2D eigenvalue weighted by molar-refractivity contribution is 0.0974. The number of carbonyl (C=O) groups excluding carboxylic acids is 1. The first-order chi connectivity index (χ1) is 21.3. The van der Waals surface area contributed by atoms with Crippen molar-refractivity contribution in [3.63, 3.8) is 0 Å². The molecule has 4 saturated heterocycles. The summed E-state index contributed by atoms with van der Waals surface area (Å²) in [7, 11) is 0. The molecule has 0 spiro atoms. The van der Waals surface area contributed by atoms with Gasteiger partial charge in [0, 0.05) is 66.6 Å². The normalized spacial score (nSPS) is 28.2. The van der Waals surface area contributed by atoms with Crippen molar-refractivity contribution in [3.05, 3.63) is 46.9 Å². The van der Waals surface area contributed by atoms with E-state index in [9.17, 15) is 18.7 Å². The Balaban J connectivity index is 1.20. The highest BCUT2D eigenvalue weighted by molar-refractivity contribution is 7.99. The fourth-order valence-electron chi connectivity index (χ4n) is 8.52. The van der Waals surface area contributed by atoms with Gasteiger partial charge in [-0.15, -0.1) is 0 Å². The SMILES string of the molecule is CCc1c(F)ccc2cc(O)cc(N3CCc4c(nc(SC[C@@]56CCCN5C[C@H](F)C6)nc4N4C[C@H]5CC[C@@H](C4)N5)C3=O)c12. The summed E-state index contributed by atoms with van der Waals surface area (Å²) in [6, 6.07) is 7.05. The zero-order valence-corrected chi connectivity index (χ0v) is 25.8. The minimum Gasteiger partial charge on any atom is -0.508 e. The molecule has 0 aliphatic carbocycles. The quantitative estimate of drug-likeness (QED) is 0.299. The van der Waals surface area contributed by atoms with Crippen molar-refractivity contribution in [2.75, 3.05) is 48.3 Å². The third-order valence-electron chi connectivity index (χ3n) is 10.5. The number of benzene rings is 2. The number of aryl methyl sites for hydroxylation is 1. The number of anilines is 2. The third kappa shape index (κ3) is 4.65. The number of thioether (sulfide) groups is 1. The van der Waals surface area contributed by atoms with Crippen LogP contribution in [-0.2, 0) is 12.8 Å². The van der Waals surface area contributed by atoms with Crippen LogP contribution in [0.1, 0.15) is 60.6 Å². The summed E-state index contributed by atoms with van der Waals surface area (Å²) in [4.78, 5) is 30.7. The molecule has 1 amide bonds. The Labute approximate surface area is 260 Å². The van der Waals surface area contributed by atoms with E-state index in [0.717, 1.165) is 56.7 Å². The summed E-state index contributed by atoms with van der Waals surface area (Å²) in [6.45, 7) is 5.35. The lowest BCUT2D eigenvalue weighted by Crippen LogP contribution is -2.52. The largest absolute Gasteiger partial charge is 0.508 e. The highest BCUT2D eigenvalue weighted by Gasteiger charge is 2.49. The van der Waals surface area contributed by atoms with Gasteiger partial charge in [-0.3, -0.25) is 9.69 Å². The van der Waals surface area contributed by atoms with Crippen LogP contribution in [0.15, 0.2) is 29.4 Å². The van der Waals surface area contributed by atoms with Crippen LogP contribution >= 0.6 is 11.8 Å². The Morgan fingerprint density at radius 2 is 1.95 bits per heavy atom. The van der Waals surface area contributed by atoms with Crippen LogP contribution in [0.3, 0.4) is 0 Å². The molecule has 4 fully saturated rings. The van der Waals surface area contributed by atoms with Crippen molar-refractivity contribution in [1.82, 2.24) is 20.2 Å². The molecule has 4 atom stereocenters. The molecular weight excluding hydrogens is 582 g/mol. The van der Waals surface area contributed by atoms with Gasteiger partial charge in [0.2, 0.25) is 0 Å². The molecule has 5 aliphatic heterocycles. The van der Waals surface area contributed by atoms with Gasteiger partial charge < -0.3 is 20.2 Å². The van der Waals surface area contributed by atoms with Gasteiger partial charge in [0.25, 0.3) is 5.91 Å². The standard InChI is InChI=1S/C33H38F2N6O2S/c1-2-24-26(35)7-4-19-12-23(42)13-27(28(19)24)41-11-8-25-29(31(41)43)37-32(38-30(25)39-16-21-5-6-22(17-39)36-21)44-18-33-9-3-10-40(33)15-20(34)14-33/h4,7,12-13,20-22,36,42H,2-3,5-6,8-11,14-18H2,1H3/t20-,21-,22+,33+/m1/s1. The number of phenolic OH excluding ortho intramolecular Hbond substituents is 1. The van der Waals surface area contributed by atoms with Crippen molar-refractivity contribution >= 4 is 39.9 Å². The zero-order valence-electron chi connectivity index (χ0n) is 25.0. The van der Waals surface area contributed by atoms with Crippen molar-refractivity contribution < 1.29 is 18.7 Å². The summed E-state index contributed by atoms with van der Waals surface area (Å²) in [5, 5.41) is 16.2. The van der Waals surface area contributed by atoms with E-state index in [1.165, 1.54) is 17.8 Å². The molecule has 44 heavy (non-hydrogen) atoms. The predicted octanol–water partition coefficient (Wildman–Crippen LogP) is 4.85. The molecule has 8 nitrogen and oxygen atoms in total. The van der Waals surface area contributed by atoms with E-state index in [1.807, 2.05) is 6.92 Å². The number of nitrogens with zero attached hydrogens (tertiary/aromatic N) is 5. The van der Waals surface area contributed by atoms with E-state index in [2.05, 4.69) is 15.1 Å². The maximum absolute atomic E-state index is 15.0. The number of alkyl halides is 1. The summed E-state index contributed by atoms with van der Waals surface area (Å²) >= 11 is 1.53. The van der Waals surface area contributed by atoms with Gasteiger partial charge in [-0.1, -0.05) is 24.8 Å². The van der Waals surface area contributed by atoms with Crippen LogP contribution in [0.25, 0.3) is 10.8 Å². The highest BCUT2D eigenvalue weighted by atomic mass is 32.2. The molecule has 6 heterocycles. The summed E-state index contributed by atoms with van der Waals surface area (Å²) in [5.74, 6) is 0.959. The number of piperazine rings is 1. The second kappa shape index (κ2) is 10.8. The van der Waals surface area contributed by atoms with Gasteiger partial charge in [-0.2, -0.15) is 0 Å². The predicted molar refractivity (Wildman–Crippen MR) is 168 cm³/mol. The molecule has 2 N–H and O–H groups in total. The molecule has 8 rings (SSSR count). The number of nitrogens with one attached hydrogen (secondary N) is 1. The second-order valence-electron chi connectivity index (χ2n) is 13.2. The van der Waals surface area contributed by atoms with E-state index in [1.54, 1.807) is 23.1 Å². The maximum atomic E-state index is 15.0. The Hall–Kier alpha value is -3.02. The average molecular weight is 621 g/mol. The number of hydrogen-bond donors (Lipinski definition) is 2. The Bertz CT molecular complexity index is 1640. The van der Waals surface area contributed by atoms with Gasteiger partial charge in [-0.05, 0) is 74.6 Å². The van der Waals surface area contributed by atoms with Crippen molar-refractivity contribution in [2.24, 2.45) is 0 Å². The maximum Gasteiger partial charge on any atom is 0.277 e. The number of aromatic nitrogens is 2. The van der Waals surface area contributed by atoms with E-state index >= 15 is 0 Å². The lowest BCUT2D eigenvalue weighted by Gasteiger charge is -2.37. The van der Waals surface area contributed by atoms with E-state index < -0.39 is 6.17 Å². The van der Waals surface area contributed by atoms with E-state index in [0.29, 0.717) is 83.1 Å². The van der Waals surface area contributed by atoms with Gasteiger partial charge in [-0.25, -0.2) is 18.7 Å². The fourth-order valence-corrected chi connectivity index (χ4v) is 9.67. The molecular formula is C33H38F2N6O2S.